The summed E-state index contributed by atoms with van der Waals surface area (Å²) in [6.45, 7) is 5.44. The molecule has 0 aliphatic carbocycles. The van der Waals surface area contributed by atoms with Crippen LogP contribution in [0.5, 0.6) is 0 Å². The number of benzene rings is 2. The number of esters is 1. The van der Waals surface area contributed by atoms with Gasteiger partial charge in [0, 0.05) is 17.7 Å². The number of carbonyl (C=O) groups is 3. The first kappa shape index (κ1) is 18.9. The molecule has 0 aromatic heterocycles. The number of hydrogen-bond donors (Lipinski definition) is 0. The Bertz CT molecular complexity index is 808. The Morgan fingerprint density at radius 2 is 1.42 bits per heavy atom. The zero-order valence-corrected chi connectivity index (χ0v) is 14.4. The molecule has 0 spiro atoms. The highest BCUT2D eigenvalue weighted by atomic mass is 16.5. The molecule has 26 heavy (non-hydrogen) atoms. The van der Waals surface area contributed by atoms with E-state index in [9.17, 15) is 14.4 Å². The highest BCUT2D eigenvalue weighted by Gasteiger charge is 2.24. The highest BCUT2D eigenvalue weighted by Crippen LogP contribution is 2.17. The van der Waals surface area contributed by atoms with Gasteiger partial charge in [-0.2, -0.15) is 0 Å². The lowest BCUT2D eigenvalue weighted by molar-refractivity contribution is -0.140. The fraction of sp³-hybridized carbons (Fsp3) is 0.0952. The van der Waals surface area contributed by atoms with E-state index < -0.39 is 0 Å². The van der Waals surface area contributed by atoms with Crippen molar-refractivity contribution in [1.82, 2.24) is 0 Å². The van der Waals surface area contributed by atoms with Crippen molar-refractivity contribution >= 4 is 23.5 Å². The third-order valence-electron chi connectivity index (χ3n) is 3.38. The van der Waals surface area contributed by atoms with E-state index in [1.807, 2.05) is 36.4 Å². The first-order chi connectivity index (χ1) is 12.5. The van der Waals surface area contributed by atoms with Crippen LogP contribution in [0.4, 0.5) is 5.69 Å². The third kappa shape index (κ3) is 5.27. The molecule has 0 saturated carbocycles. The van der Waals surface area contributed by atoms with E-state index in [1.54, 1.807) is 31.2 Å². The molecule has 0 N–H and O–H groups in total. The highest BCUT2D eigenvalue weighted by molar-refractivity contribution is 6.28. The second-order valence-electron chi connectivity index (χ2n) is 5.52. The van der Waals surface area contributed by atoms with Gasteiger partial charge in [-0.05, 0) is 24.6 Å². The first-order valence-corrected chi connectivity index (χ1v) is 7.97. The van der Waals surface area contributed by atoms with Crippen molar-refractivity contribution in [3.63, 3.8) is 0 Å². The lowest BCUT2D eigenvalue weighted by Gasteiger charge is -2.12. The van der Waals surface area contributed by atoms with Crippen LogP contribution in [0.1, 0.15) is 12.5 Å². The summed E-state index contributed by atoms with van der Waals surface area (Å²) in [5.74, 6) is -0.906. The van der Waals surface area contributed by atoms with Crippen molar-refractivity contribution in [3.05, 3.63) is 90.5 Å². The Labute approximate surface area is 152 Å². The van der Waals surface area contributed by atoms with E-state index in [0.717, 1.165) is 10.5 Å². The fourth-order valence-electron chi connectivity index (χ4n) is 2.08. The van der Waals surface area contributed by atoms with Crippen LogP contribution in [0.15, 0.2) is 85.0 Å². The van der Waals surface area contributed by atoms with Crippen molar-refractivity contribution in [2.75, 3.05) is 4.90 Å². The second-order valence-corrected chi connectivity index (χ2v) is 5.52. The van der Waals surface area contributed by atoms with Crippen LogP contribution in [-0.2, 0) is 25.7 Å². The van der Waals surface area contributed by atoms with Crippen LogP contribution in [0.3, 0.4) is 0 Å². The Morgan fingerprint density at radius 3 is 1.92 bits per heavy atom. The minimum atomic E-state index is -0.344. The Morgan fingerprint density at radius 1 is 0.923 bits per heavy atom. The summed E-state index contributed by atoms with van der Waals surface area (Å²) in [4.78, 5) is 34.5. The quantitative estimate of drug-likeness (QED) is 0.482. The molecule has 0 atom stereocenters. The molecule has 5 heteroatoms. The number of hydrogen-bond acceptors (Lipinski definition) is 4. The Balaban J connectivity index is 0.000000187. The topological polar surface area (TPSA) is 63.7 Å². The fourth-order valence-corrected chi connectivity index (χ4v) is 2.08. The molecule has 1 aliphatic heterocycles. The predicted octanol–water partition coefficient (Wildman–Crippen LogP) is 3.42. The number of rotatable bonds is 4. The molecule has 1 heterocycles. The van der Waals surface area contributed by atoms with E-state index in [-0.39, 0.29) is 17.8 Å². The molecule has 0 radical (unpaired) electrons. The normalized spacial score (nSPS) is 12.4. The van der Waals surface area contributed by atoms with E-state index in [1.165, 1.54) is 12.2 Å². The SMILES string of the molecule is C=C(C)C(=O)OCc1ccccc1.O=C1C=CC(=O)N1c1ccccc1. The molecular weight excluding hydrogens is 330 g/mol. The van der Waals surface area contributed by atoms with Crippen molar-refractivity contribution in [2.45, 2.75) is 13.5 Å². The monoisotopic (exact) mass is 349 g/mol. The van der Waals surface area contributed by atoms with Crippen LogP contribution < -0.4 is 4.90 Å². The number of carbonyl (C=O) groups excluding carboxylic acids is 3. The van der Waals surface area contributed by atoms with E-state index in [2.05, 4.69) is 6.58 Å². The summed E-state index contributed by atoms with van der Waals surface area (Å²) in [6.07, 6.45) is 2.55. The van der Waals surface area contributed by atoms with Gasteiger partial charge in [0.2, 0.25) is 0 Å². The summed E-state index contributed by atoms with van der Waals surface area (Å²) in [7, 11) is 0. The van der Waals surface area contributed by atoms with Gasteiger partial charge in [-0.1, -0.05) is 55.1 Å². The number of nitrogens with zero attached hydrogens (tertiary/aromatic N) is 1. The molecule has 0 unspecified atom stereocenters. The van der Waals surface area contributed by atoms with Gasteiger partial charge < -0.3 is 4.74 Å². The average Bonchev–Trinajstić information content (AvgIpc) is 3.00. The van der Waals surface area contributed by atoms with Crippen molar-refractivity contribution < 1.29 is 19.1 Å². The van der Waals surface area contributed by atoms with Gasteiger partial charge in [0.15, 0.2) is 0 Å². The summed E-state index contributed by atoms with van der Waals surface area (Å²) >= 11 is 0. The number of amides is 2. The summed E-state index contributed by atoms with van der Waals surface area (Å²) < 4.78 is 4.95. The maximum atomic E-state index is 11.2. The molecular formula is C21H19NO4. The molecule has 0 saturated heterocycles. The number of ether oxygens (including phenoxy) is 1. The second kappa shape index (κ2) is 9.13. The number of anilines is 1. The van der Waals surface area contributed by atoms with Gasteiger partial charge in [-0.25, -0.2) is 9.69 Å². The first-order valence-electron chi connectivity index (χ1n) is 7.97. The van der Waals surface area contributed by atoms with Gasteiger partial charge in [0.05, 0.1) is 5.69 Å². The number of imide groups is 1. The van der Waals surface area contributed by atoms with Gasteiger partial charge in [0.1, 0.15) is 6.61 Å². The van der Waals surface area contributed by atoms with Gasteiger partial charge >= 0.3 is 5.97 Å². The number of para-hydroxylation sites is 1. The van der Waals surface area contributed by atoms with Crippen LogP contribution in [0.2, 0.25) is 0 Å². The zero-order chi connectivity index (χ0) is 18.9. The average molecular weight is 349 g/mol. The molecule has 0 bridgehead atoms. The largest absolute Gasteiger partial charge is 0.457 e. The molecule has 0 fully saturated rings. The molecule has 2 amide bonds. The maximum absolute atomic E-state index is 11.2. The Kier molecular flexibility index (Phi) is 6.62. The summed E-state index contributed by atoms with van der Waals surface area (Å²) in [6, 6.07) is 18.4. The van der Waals surface area contributed by atoms with Crippen molar-refractivity contribution in [1.29, 1.82) is 0 Å². The molecule has 2 aromatic carbocycles. The van der Waals surface area contributed by atoms with Crippen molar-refractivity contribution in [2.24, 2.45) is 0 Å². The van der Waals surface area contributed by atoms with E-state index >= 15 is 0 Å². The molecule has 5 nitrogen and oxygen atoms in total. The van der Waals surface area contributed by atoms with Gasteiger partial charge in [-0.3, -0.25) is 9.59 Å². The molecule has 1 aliphatic rings. The van der Waals surface area contributed by atoms with Crippen LogP contribution in [0, 0.1) is 0 Å². The maximum Gasteiger partial charge on any atom is 0.333 e. The molecule has 2 aromatic rings. The van der Waals surface area contributed by atoms with E-state index in [4.69, 9.17) is 4.74 Å². The summed E-state index contributed by atoms with van der Waals surface area (Å²) in [5.41, 5.74) is 2.02. The summed E-state index contributed by atoms with van der Waals surface area (Å²) in [5, 5.41) is 0. The zero-order valence-electron chi connectivity index (χ0n) is 14.4. The third-order valence-corrected chi connectivity index (χ3v) is 3.38. The standard InChI is InChI=1S/C11H12O2.C10H7NO2/c1-9(2)11(12)13-8-10-6-4-3-5-7-10;12-9-6-7-10(13)11(9)8-4-2-1-3-5-8/h3-7H,1,8H2,2H3;1-7H. The van der Waals surface area contributed by atoms with E-state index in [0.29, 0.717) is 17.9 Å². The minimum Gasteiger partial charge on any atom is -0.457 e. The lowest BCUT2D eigenvalue weighted by Crippen LogP contribution is -2.29. The lowest BCUT2D eigenvalue weighted by atomic mass is 10.2. The van der Waals surface area contributed by atoms with Gasteiger partial charge in [0.25, 0.3) is 11.8 Å². The van der Waals surface area contributed by atoms with Crippen LogP contribution in [0.25, 0.3) is 0 Å². The predicted molar refractivity (Wildman–Crippen MR) is 99.1 cm³/mol. The molecule has 132 valence electrons. The van der Waals surface area contributed by atoms with Crippen LogP contribution in [-0.4, -0.2) is 17.8 Å². The molecule has 3 rings (SSSR count). The van der Waals surface area contributed by atoms with Crippen molar-refractivity contribution in [3.8, 4) is 0 Å². The van der Waals surface area contributed by atoms with Gasteiger partial charge in [-0.15, -0.1) is 0 Å². The smallest absolute Gasteiger partial charge is 0.333 e. The van der Waals surface area contributed by atoms with Crippen LogP contribution >= 0.6 is 0 Å². The Hall–Kier alpha value is -3.47. The minimum absolute atomic E-state index is 0.281.